The van der Waals surface area contributed by atoms with E-state index >= 15 is 0 Å². The first-order valence-electron chi connectivity index (χ1n) is 7.84. The van der Waals surface area contributed by atoms with Crippen LogP contribution in [-0.2, 0) is 0 Å². The summed E-state index contributed by atoms with van der Waals surface area (Å²) in [6.45, 7) is 8.12. The highest BCUT2D eigenvalue weighted by Crippen LogP contribution is 2.27. The molecule has 1 heterocycles. The lowest BCUT2D eigenvalue weighted by molar-refractivity contribution is 0.0117. The van der Waals surface area contributed by atoms with Gasteiger partial charge in [-0.1, -0.05) is 0 Å². The van der Waals surface area contributed by atoms with Crippen LogP contribution in [0.3, 0.4) is 0 Å². The summed E-state index contributed by atoms with van der Waals surface area (Å²) < 4.78 is 5.58. The largest absolute Gasteiger partial charge is 0.491 e. The second-order valence-corrected chi connectivity index (χ2v) is 6.63. The second kappa shape index (κ2) is 6.57. The van der Waals surface area contributed by atoms with Crippen molar-refractivity contribution in [2.75, 3.05) is 11.9 Å². The highest BCUT2D eigenvalue weighted by Gasteiger charge is 2.38. The Balaban J connectivity index is 1.99. The lowest BCUT2D eigenvalue weighted by Gasteiger charge is -2.33. The molecule has 1 aromatic carbocycles. The van der Waals surface area contributed by atoms with Gasteiger partial charge in [0.1, 0.15) is 5.75 Å². The Morgan fingerprint density at radius 3 is 2.55 bits per heavy atom. The van der Waals surface area contributed by atoms with Gasteiger partial charge in [0, 0.05) is 12.2 Å². The van der Waals surface area contributed by atoms with Gasteiger partial charge in [0.2, 0.25) is 0 Å². The van der Waals surface area contributed by atoms with E-state index in [-0.39, 0.29) is 18.2 Å². The van der Waals surface area contributed by atoms with Crippen molar-refractivity contribution in [1.29, 1.82) is 0 Å². The van der Waals surface area contributed by atoms with Crippen LogP contribution in [0.5, 0.6) is 5.75 Å². The van der Waals surface area contributed by atoms with E-state index < -0.39 is 5.60 Å². The number of aliphatic hydroxyl groups is 1. The number of hydrogen-bond acceptors (Lipinski definition) is 3. The number of benzene rings is 1. The Labute approximate surface area is 132 Å². The number of likely N-dealkylation sites (tertiary alicyclic amines) is 1. The average Bonchev–Trinajstić information content (AvgIpc) is 2.89. The maximum absolute atomic E-state index is 12.4. The molecule has 122 valence electrons. The first kappa shape index (κ1) is 16.6. The first-order valence-corrected chi connectivity index (χ1v) is 7.84. The number of hydrogen-bond donors (Lipinski definition) is 2. The van der Waals surface area contributed by atoms with E-state index in [2.05, 4.69) is 5.32 Å². The van der Waals surface area contributed by atoms with Gasteiger partial charge in [-0.05, 0) is 64.8 Å². The number of nitrogens with one attached hydrogen (secondary N) is 1. The molecule has 0 aromatic heterocycles. The normalized spacial score (nSPS) is 18.6. The van der Waals surface area contributed by atoms with Crippen molar-refractivity contribution in [2.45, 2.75) is 58.3 Å². The van der Waals surface area contributed by atoms with Gasteiger partial charge in [0.15, 0.2) is 0 Å². The van der Waals surface area contributed by atoms with Crippen LogP contribution >= 0.6 is 0 Å². The number of rotatable bonds is 4. The van der Waals surface area contributed by atoms with Crippen LogP contribution in [0, 0.1) is 0 Å². The third-order valence-corrected chi connectivity index (χ3v) is 3.81. The summed E-state index contributed by atoms with van der Waals surface area (Å²) in [6.07, 6.45) is 1.87. The van der Waals surface area contributed by atoms with Crippen molar-refractivity contribution in [2.24, 2.45) is 0 Å². The van der Waals surface area contributed by atoms with Gasteiger partial charge in [-0.15, -0.1) is 0 Å². The van der Waals surface area contributed by atoms with Crippen molar-refractivity contribution in [3.05, 3.63) is 24.3 Å². The third kappa shape index (κ3) is 4.13. The molecule has 22 heavy (non-hydrogen) atoms. The van der Waals surface area contributed by atoms with E-state index in [0.717, 1.165) is 24.3 Å². The summed E-state index contributed by atoms with van der Waals surface area (Å²) in [4.78, 5) is 14.1. The lowest BCUT2D eigenvalue weighted by Crippen LogP contribution is -2.49. The van der Waals surface area contributed by atoms with Crippen molar-refractivity contribution >= 4 is 11.7 Å². The molecule has 1 unspecified atom stereocenters. The highest BCUT2D eigenvalue weighted by atomic mass is 16.5. The van der Waals surface area contributed by atoms with Crippen LogP contribution in [0.2, 0.25) is 0 Å². The topological polar surface area (TPSA) is 61.8 Å². The fraction of sp³-hybridized carbons (Fsp3) is 0.588. The van der Waals surface area contributed by atoms with E-state index in [1.807, 2.05) is 38.1 Å². The zero-order valence-corrected chi connectivity index (χ0v) is 13.8. The fourth-order valence-electron chi connectivity index (χ4n) is 2.83. The van der Waals surface area contributed by atoms with Gasteiger partial charge in [-0.2, -0.15) is 0 Å². The van der Waals surface area contributed by atoms with Gasteiger partial charge >= 0.3 is 6.03 Å². The zero-order chi connectivity index (χ0) is 16.3. The number of amides is 2. The van der Waals surface area contributed by atoms with Crippen LogP contribution in [-0.4, -0.2) is 40.3 Å². The van der Waals surface area contributed by atoms with Crippen molar-refractivity contribution in [1.82, 2.24) is 4.90 Å². The molecule has 0 radical (unpaired) electrons. The number of urea groups is 1. The third-order valence-electron chi connectivity index (χ3n) is 3.81. The number of nitrogens with zero attached hydrogens (tertiary/aromatic N) is 1. The van der Waals surface area contributed by atoms with Crippen molar-refractivity contribution in [3.8, 4) is 5.75 Å². The van der Waals surface area contributed by atoms with Gasteiger partial charge in [0.25, 0.3) is 0 Å². The lowest BCUT2D eigenvalue weighted by atomic mass is 9.97. The number of carbonyl (C=O) groups is 1. The summed E-state index contributed by atoms with van der Waals surface area (Å²) in [5.41, 5.74) is -0.162. The molecule has 1 atom stereocenters. The first-order chi connectivity index (χ1) is 10.3. The average molecular weight is 306 g/mol. The molecular weight excluding hydrogens is 280 g/mol. The number of ether oxygens (including phenoxy) is 1. The minimum absolute atomic E-state index is 0.123. The van der Waals surface area contributed by atoms with E-state index in [4.69, 9.17) is 4.74 Å². The summed E-state index contributed by atoms with van der Waals surface area (Å²) in [7, 11) is 0. The van der Waals surface area contributed by atoms with Crippen LogP contribution in [0.15, 0.2) is 24.3 Å². The molecule has 2 N–H and O–H groups in total. The van der Waals surface area contributed by atoms with Gasteiger partial charge in [-0.3, -0.25) is 0 Å². The summed E-state index contributed by atoms with van der Waals surface area (Å²) >= 11 is 0. The minimum Gasteiger partial charge on any atom is -0.491 e. The maximum Gasteiger partial charge on any atom is 0.322 e. The van der Waals surface area contributed by atoms with Gasteiger partial charge in [-0.25, -0.2) is 4.79 Å². The van der Waals surface area contributed by atoms with Crippen LogP contribution in [0.1, 0.15) is 40.5 Å². The molecule has 1 aliphatic rings. The molecule has 1 aromatic rings. The van der Waals surface area contributed by atoms with Crippen molar-refractivity contribution < 1.29 is 14.6 Å². The maximum atomic E-state index is 12.4. The van der Waals surface area contributed by atoms with Gasteiger partial charge < -0.3 is 20.1 Å². The predicted molar refractivity (Wildman–Crippen MR) is 87.3 cm³/mol. The number of anilines is 1. The molecule has 1 fully saturated rings. The Hall–Kier alpha value is -1.75. The van der Waals surface area contributed by atoms with E-state index in [1.54, 1.807) is 18.7 Å². The molecule has 5 heteroatoms. The molecule has 5 nitrogen and oxygen atoms in total. The Bertz CT molecular complexity index is 506. The van der Waals surface area contributed by atoms with E-state index in [1.165, 1.54) is 0 Å². The summed E-state index contributed by atoms with van der Waals surface area (Å²) in [5.74, 6) is 0.781. The molecule has 2 rings (SSSR count). The molecule has 0 spiro atoms. The van der Waals surface area contributed by atoms with Crippen LogP contribution < -0.4 is 10.1 Å². The second-order valence-electron chi connectivity index (χ2n) is 6.63. The van der Waals surface area contributed by atoms with Crippen LogP contribution in [0.4, 0.5) is 10.5 Å². The monoisotopic (exact) mass is 306 g/mol. The molecule has 0 bridgehead atoms. The standard InChI is InChI=1S/C17H26N2O3/c1-12(2)22-14-9-7-13(8-10-14)18-16(20)19-11-5-6-15(19)17(3,4)21/h7-10,12,15,21H,5-6,11H2,1-4H3,(H,18,20). The highest BCUT2D eigenvalue weighted by molar-refractivity contribution is 5.89. The minimum atomic E-state index is -0.886. The van der Waals surface area contributed by atoms with E-state index in [0.29, 0.717) is 6.54 Å². The molecule has 2 amide bonds. The Morgan fingerprint density at radius 1 is 1.36 bits per heavy atom. The van der Waals surface area contributed by atoms with E-state index in [9.17, 15) is 9.90 Å². The summed E-state index contributed by atoms with van der Waals surface area (Å²) in [5, 5.41) is 13.1. The molecule has 1 saturated heterocycles. The van der Waals surface area contributed by atoms with Gasteiger partial charge in [0.05, 0.1) is 17.7 Å². The Kier molecular flexibility index (Phi) is 4.96. The molecule has 0 saturated carbocycles. The zero-order valence-electron chi connectivity index (χ0n) is 13.8. The number of carbonyl (C=O) groups excluding carboxylic acids is 1. The smallest absolute Gasteiger partial charge is 0.322 e. The summed E-state index contributed by atoms with van der Waals surface area (Å²) in [6, 6.07) is 7.02. The predicted octanol–water partition coefficient (Wildman–Crippen LogP) is 3.24. The SMILES string of the molecule is CC(C)Oc1ccc(NC(=O)N2CCCC2C(C)(C)O)cc1. The Morgan fingerprint density at radius 2 is 2.00 bits per heavy atom. The van der Waals surface area contributed by atoms with Crippen LogP contribution in [0.25, 0.3) is 0 Å². The van der Waals surface area contributed by atoms with Crippen molar-refractivity contribution in [3.63, 3.8) is 0 Å². The molecule has 0 aliphatic carbocycles. The molecule has 1 aliphatic heterocycles. The fourth-order valence-corrected chi connectivity index (χ4v) is 2.83. The quantitative estimate of drug-likeness (QED) is 0.897. The molecular formula is C17H26N2O3.